The Balaban J connectivity index is 1.73. The van der Waals surface area contributed by atoms with Crippen LogP contribution in [0, 0.1) is 0 Å². The molecule has 0 bridgehead atoms. The minimum Gasteiger partial charge on any atom is -0.497 e. The van der Waals surface area contributed by atoms with Gasteiger partial charge >= 0.3 is 0 Å². The Hall–Kier alpha value is -4.14. The molecule has 4 rings (SSSR count). The van der Waals surface area contributed by atoms with Crippen LogP contribution in [0.25, 0.3) is 5.57 Å². The lowest BCUT2D eigenvalue weighted by atomic mass is 10.1. The van der Waals surface area contributed by atoms with Crippen LogP contribution in [0.1, 0.15) is 18.3 Å². The predicted molar refractivity (Wildman–Crippen MR) is 130 cm³/mol. The summed E-state index contributed by atoms with van der Waals surface area (Å²) in [6, 6.07) is 5.74. The molecule has 1 aliphatic heterocycles. The van der Waals surface area contributed by atoms with E-state index in [1.807, 2.05) is 62.9 Å². The van der Waals surface area contributed by atoms with Gasteiger partial charge in [0.05, 0.1) is 44.9 Å². The zero-order chi connectivity index (χ0) is 23.2. The summed E-state index contributed by atoms with van der Waals surface area (Å²) in [4.78, 5) is 19.1. The highest BCUT2D eigenvalue weighted by Crippen LogP contribution is 2.32. The summed E-state index contributed by atoms with van der Waals surface area (Å²) < 4.78 is 12.8. The molecule has 1 aliphatic rings. The number of nitrogens with one attached hydrogen (secondary N) is 1. The van der Waals surface area contributed by atoms with E-state index in [4.69, 9.17) is 14.5 Å². The second-order valence-electron chi connectivity index (χ2n) is 7.42. The normalized spacial score (nSPS) is 15.0. The maximum atomic E-state index is 5.49. The van der Waals surface area contributed by atoms with Gasteiger partial charge in [0.25, 0.3) is 0 Å². The molecular formula is C24H27N7O2. The van der Waals surface area contributed by atoms with E-state index in [-0.39, 0.29) is 0 Å². The van der Waals surface area contributed by atoms with Crippen molar-refractivity contribution in [3.63, 3.8) is 0 Å². The first-order valence-electron chi connectivity index (χ1n) is 10.5. The van der Waals surface area contributed by atoms with Gasteiger partial charge in [0, 0.05) is 61.2 Å². The molecular weight excluding hydrogens is 418 g/mol. The van der Waals surface area contributed by atoms with E-state index in [1.165, 1.54) is 0 Å². The second-order valence-corrected chi connectivity index (χ2v) is 7.42. The van der Waals surface area contributed by atoms with Gasteiger partial charge in [0.15, 0.2) is 0 Å². The number of aliphatic imine (C=N–C) groups is 2. The second kappa shape index (κ2) is 9.99. The predicted octanol–water partition coefficient (Wildman–Crippen LogP) is 3.64. The third kappa shape index (κ3) is 5.20. The van der Waals surface area contributed by atoms with Crippen molar-refractivity contribution in [3.05, 3.63) is 72.3 Å². The van der Waals surface area contributed by atoms with Crippen molar-refractivity contribution in [2.24, 2.45) is 17.0 Å². The lowest BCUT2D eigenvalue weighted by molar-refractivity contribution is 0.394. The summed E-state index contributed by atoms with van der Waals surface area (Å²) in [6.45, 7) is 2.95. The molecule has 0 amide bonds. The van der Waals surface area contributed by atoms with Gasteiger partial charge in [-0.3, -0.25) is 9.67 Å². The molecule has 0 aliphatic carbocycles. The molecule has 1 N–H and O–H groups in total. The Bertz CT molecular complexity index is 1200. The Labute approximate surface area is 192 Å². The van der Waals surface area contributed by atoms with Crippen LogP contribution in [0.5, 0.6) is 11.5 Å². The zero-order valence-electron chi connectivity index (χ0n) is 19.2. The topological polar surface area (TPSA) is 92.9 Å². The van der Waals surface area contributed by atoms with E-state index >= 15 is 0 Å². The van der Waals surface area contributed by atoms with Crippen LogP contribution in [0.15, 0.2) is 70.9 Å². The van der Waals surface area contributed by atoms with Crippen molar-refractivity contribution in [2.75, 3.05) is 25.7 Å². The molecule has 0 atom stereocenters. The average Bonchev–Trinajstić information content (AvgIpc) is 3.52. The van der Waals surface area contributed by atoms with Crippen molar-refractivity contribution in [3.8, 4) is 11.5 Å². The van der Waals surface area contributed by atoms with Crippen molar-refractivity contribution in [2.45, 2.75) is 13.5 Å². The number of aryl methyl sites for hydroxylation is 1. The van der Waals surface area contributed by atoms with Crippen molar-refractivity contribution in [1.82, 2.24) is 19.7 Å². The molecule has 0 fully saturated rings. The van der Waals surface area contributed by atoms with Gasteiger partial charge < -0.3 is 19.4 Å². The molecule has 0 saturated carbocycles. The first-order valence-corrected chi connectivity index (χ1v) is 10.5. The number of hydrogen-bond acceptors (Lipinski definition) is 7. The Morgan fingerprint density at radius 2 is 2.03 bits per heavy atom. The highest BCUT2D eigenvalue weighted by atomic mass is 16.5. The van der Waals surface area contributed by atoms with Crippen LogP contribution in [0.4, 0.5) is 5.69 Å². The number of H-pyrrole nitrogens is 1. The van der Waals surface area contributed by atoms with Crippen LogP contribution in [-0.2, 0) is 13.6 Å². The first-order chi connectivity index (χ1) is 16.1. The van der Waals surface area contributed by atoms with E-state index in [0.717, 1.165) is 34.2 Å². The molecule has 170 valence electrons. The van der Waals surface area contributed by atoms with Crippen LogP contribution in [-0.4, -0.2) is 52.4 Å². The molecule has 3 aromatic rings. The fourth-order valence-corrected chi connectivity index (χ4v) is 3.51. The van der Waals surface area contributed by atoms with Crippen LogP contribution in [0.3, 0.4) is 0 Å². The highest BCUT2D eigenvalue weighted by molar-refractivity contribution is 6.20. The van der Waals surface area contributed by atoms with Crippen molar-refractivity contribution < 1.29 is 9.47 Å². The summed E-state index contributed by atoms with van der Waals surface area (Å²) >= 11 is 0. The van der Waals surface area contributed by atoms with Gasteiger partial charge in [0.1, 0.15) is 23.1 Å². The summed E-state index contributed by atoms with van der Waals surface area (Å²) in [5, 5.41) is 4.26. The van der Waals surface area contributed by atoms with E-state index < -0.39 is 0 Å². The summed E-state index contributed by atoms with van der Waals surface area (Å²) in [7, 11) is 5.17. The number of rotatable bonds is 8. The molecule has 0 unspecified atom stereocenters. The largest absolute Gasteiger partial charge is 0.497 e. The summed E-state index contributed by atoms with van der Waals surface area (Å²) in [6.07, 6.45) is 13.2. The van der Waals surface area contributed by atoms with E-state index in [2.05, 4.69) is 25.0 Å². The van der Waals surface area contributed by atoms with Crippen molar-refractivity contribution >= 4 is 23.2 Å². The fourth-order valence-electron chi connectivity index (χ4n) is 3.51. The lowest BCUT2D eigenvalue weighted by Gasteiger charge is -2.25. The van der Waals surface area contributed by atoms with Crippen LogP contribution in [0.2, 0.25) is 0 Å². The number of nitrogens with zero attached hydrogens (tertiary/aromatic N) is 6. The van der Waals surface area contributed by atoms with E-state index in [0.29, 0.717) is 24.6 Å². The minimum atomic E-state index is 0.488. The molecule has 9 nitrogen and oxygen atoms in total. The van der Waals surface area contributed by atoms with Crippen LogP contribution >= 0.6 is 0 Å². The lowest BCUT2D eigenvalue weighted by Crippen LogP contribution is -2.23. The van der Waals surface area contributed by atoms with Gasteiger partial charge in [-0.25, -0.2) is 9.98 Å². The molecule has 9 heteroatoms. The standard InChI is InChI=1S/C24H27N7O2/c1-5-24(29-19-8-17(12-25-14-19)18-13-28-30(2)15-18)31(16-23-26-6-7-27-23)20-9-21(32-3)11-22(10-20)33-4/h5-13,15H,14,16H2,1-4H3,(H,26,27)/b24-5+,29-19?. The molecule has 1 aromatic carbocycles. The first kappa shape index (κ1) is 22.1. The number of ether oxygens (including phenoxy) is 2. The van der Waals surface area contributed by atoms with Gasteiger partial charge in [0.2, 0.25) is 0 Å². The Morgan fingerprint density at radius 3 is 2.64 bits per heavy atom. The quantitative estimate of drug-likeness (QED) is 0.571. The molecule has 33 heavy (non-hydrogen) atoms. The number of aromatic amines is 1. The number of imidazole rings is 1. The fraction of sp³-hybridized carbons (Fsp3) is 0.250. The zero-order valence-corrected chi connectivity index (χ0v) is 19.2. The number of hydrogen-bond donors (Lipinski definition) is 1. The summed E-state index contributed by atoms with van der Waals surface area (Å²) in [5.74, 6) is 2.95. The number of dihydropyridines is 1. The van der Waals surface area contributed by atoms with Gasteiger partial charge in [-0.2, -0.15) is 5.10 Å². The number of allylic oxidation sites excluding steroid dienone is 2. The highest BCUT2D eigenvalue weighted by Gasteiger charge is 2.17. The molecule has 0 radical (unpaired) electrons. The molecule has 2 aromatic heterocycles. The maximum absolute atomic E-state index is 5.49. The third-order valence-electron chi connectivity index (χ3n) is 5.15. The Kier molecular flexibility index (Phi) is 6.68. The third-order valence-corrected chi connectivity index (χ3v) is 5.15. The van der Waals surface area contributed by atoms with Gasteiger partial charge in [-0.15, -0.1) is 0 Å². The minimum absolute atomic E-state index is 0.488. The monoisotopic (exact) mass is 445 g/mol. The maximum Gasteiger partial charge on any atom is 0.129 e. The van der Waals surface area contributed by atoms with Crippen LogP contribution < -0.4 is 14.4 Å². The van der Waals surface area contributed by atoms with E-state index in [9.17, 15) is 0 Å². The van der Waals surface area contributed by atoms with Gasteiger partial charge in [-0.1, -0.05) is 0 Å². The molecule has 0 spiro atoms. The number of aromatic nitrogens is 4. The van der Waals surface area contributed by atoms with Gasteiger partial charge in [-0.05, 0) is 19.1 Å². The van der Waals surface area contributed by atoms with Crippen molar-refractivity contribution in [1.29, 1.82) is 0 Å². The SMILES string of the molecule is C/C=C(\N=C1C=C(c2cnn(C)c2)C=NC1)N(Cc1ncc[nH]1)c1cc(OC)cc(OC)c1. The molecule has 0 saturated heterocycles. The Morgan fingerprint density at radius 1 is 1.24 bits per heavy atom. The summed E-state index contributed by atoms with van der Waals surface area (Å²) in [5.41, 5.74) is 3.70. The number of benzene rings is 1. The number of methoxy groups -OCH3 is 2. The average molecular weight is 446 g/mol. The molecule has 3 heterocycles. The van der Waals surface area contributed by atoms with E-state index in [1.54, 1.807) is 31.3 Å². The smallest absolute Gasteiger partial charge is 0.129 e. The number of anilines is 1.